The van der Waals surface area contributed by atoms with Gasteiger partial charge in [-0.05, 0) is 35.8 Å². The average Bonchev–Trinajstić information content (AvgIpc) is 2.72. The lowest BCUT2D eigenvalue weighted by Crippen LogP contribution is -2.54. The normalized spacial score (nSPS) is 15.4. The summed E-state index contributed by atoms with van der Waals surface area (Å²) in [6, 6.07) is 11.6. The van der Waals surface area contributed by atoms with Crippen molar-refractivity contribution in [3.8, 4) is 17.2 Å². The molecule has 3 rings (SSSR count). The van der Waals surface area contributed by atoms with Crippen molar-refractivity contribution in [1.82, 2.24) is 10.2 Å². The number of aromatic hydroxyl groups is 1. The molecule has 1 saturated heterocycles. The zero-order chi connectivity index (χ0) is 21.0. The molecule has 1 fully saturated rings. The molecule has 29 heavy (non-hydrogen) atoms. The third-order valence-electron chi connectivity index (χ3n) is 4.47. The fraction of sp³-hybridized carbons (Fsp3) is 0.190. The first-order valence-electron chi connectivity index (χ1n) is 8.82. The maximum atomic E-state index is 12.8. The van der Waals surface area contributed by atoms with Gasteiger partial charge in [-0.1, -0.05) is 30.3 Å². The van der Waals surface area contributed by atoms with Gasteiger partial charge in [-0.3, -0.25) is 19.8 Å². The summed E-state index contributed by atoms with van der Waals surface area (Å²) in [5.41, 5.74) is 1.16. The molecule has 0 aromatic heterocycles. The van der Waals surface area contributed by atoms with E-state index in [2.05, 4.69) is 5.32 Å². The molecular weight excluding hydrogens is 376 g/mol. The predicted molar refractivity (Wildman–Crippen MR) is 105 cm³/mol. The molecule has 0 saturated carbocycles. The van der Waals surface area contributed by atoms with E-state index in [0.29, 0.717) is 12.0 Å². The van der Waals surface area contributed by atoms with E-state index in [0.717, 1.165) is 10.5 Å². The molecule has 0 aliphatic carbocycles. The Hall–Kier alpha value is -3.81. The summed E-state index contributed by atoms with van der Waals surface area (Å²) in [6.45, 7) is 0.127. The Balaban J connectivity index is 1.89. The second kappa shape index (κ2) is 8.47. The number of benzene rings is 2. The summed E-state index contributed by atoms with van der Waals surface area (Å²) in [7, 11) is 2.74. The quantitative estimate of drug-likeness (QED) is 0.572. The number of hydrogen-bond acceptors (Lipinski definition) is 6. The van der Waals surface area contributed by atoms with E-state index >= 15 is 0 Å². The van der Waals surface area contributed by atoms with Gasteiger partial charge in [-0.2, -0.15) is 0 Å². The lowest BCUT2D eigenvalue weighted by molar-refractivity contribution is -0.130. The Morgan fingerprint density at radius 1 is 1.03 bits per heavy atom. The molecule has 2 aromatic carbocycles. The van der Waals surface area contributed by atoms with E-state index in [4.69, 9.17) is 9.47 Å². The smallest absolute Gasteiger partial charge is 0.331 e. The van der Waals surface area contributed by atoms with E-state index in [1.807, 2.05) is 30.3 Å². The Bertz CT molecular complexity index is 959. The van der Waals surface area contributed by atoms with Crippen molar-refractivity contribution in [2.45, 2.75) is 6.42 Å². The van der Waals surface area contributed by atoms with Crippen LogP contribution in [0.1, 0.15) is 11.1 Å². The van der Waals surface area contributed by atoms with Crippen LogP contribution in [0.5, 0.6) is 17.2 Å². The SMILES string of the molecule is COc1cc(C=C2C(=O)NC(=O)N(CCc3ccccc3)C2=O)cc(OC)c1O. The van der Waals surface area contributed by atoms with E-state index in [9.17, 15) is 19.5 Å². The summed E-state index contributed by atoms with van der Waals surface area (Å²) >= 11 is 0. The van der Waals surface area contributed by atoms with Gasteiger partial charge >= 0.3 is 6.03 Å². The minimum atomic E-state index is -0.790. The van der Waals surface area contributed by atoms with Crippen molar-refractivity contribution < 1.29 is 29.0 Å². The van der Waals surface area contributed by atoms with Gasteiger partial charge in [0.05, 0.1) is 14.2 Å². The Morgan fingerprint density at radius 2 is 1.66 bits per heavy atom. The van der Waals surface area contributed by atoms with E-state index < -0.39 is 17.8 Å². The molecule has 0 bridgehead atoms. The van der Waals surface area contributed by atoms with E-state index in [-0.39, 0.29) is 29.4 Å². The van der Waals surface area contributed by atoms with Gasteiger partial charge in [-0.25, -0.2) is 4.79 Å². The average molecular weight is 396 g/mol. The number of nitrogens with zero attached hydrogens (tertiary/aromatic N) is 1. The van der Waals surface area contributed by atoms with Gasteiger partial charge in [0.15, 0.2) is 11.5 Å². The Labute approximate surface area is 167 Å². The second-order valence-electron chi connectivity index (χ2n) is 6.28. The highest BCUT2D eigenvalue weighted by Gasteiger charge is 2.35. The third kappa shape index (κ3) is 4.21. The molecule has 0 unspecified atom stereocenters. The number of phenols is 1. The number of carbonyl (C=O) groups is 3. The Morgan fingerprint density at radius 3 is 2.24 bits per heavy atom. The maximum Gasteiger partial charge on any atom is 0.331 e. The van der Waals surface area contributed by atoms with Crippen molar-refractivity contribution in [2.24, 2.45) is 0 Å². The van der Waals surface area contributed by atoms with E-state index in [1.165, 1.54) is 32.4 Å². The van der Waals surface area contributed by atoms with Gasteiger partial charge in [-0.15, -0.1) is 0 Å². The number of hydrogen-bond donors (Lipinski definition) is 2. The number of methoxy groups -OCH3 is 2. The summed E-state index contributed by atoms with van der Waals surface area (Å²) < 4.78 is 10.2. The molecule has 1 aliphatic rings. The van der Waals surface area contributed by atoms with Gasteiger partial charge < -0.3 is 14.6 Å². The van der Waals surface area contributed by atoms with Crippen LogP contribution in [0.15, 0.2) is 48.0 Å². The molecule has 150 valence electrons. The highest BCUT2D eigenvalue weighted by molar-refractivity contribution is 6.31. The van der Waals surface area contributed by atoms with Crippen molar-refractivity contribution in [3.63, 3.8) is 0 Å². The number of ether oxygens (including phenoxy) is 2. The lowest BCUT2D eigenvalue weighted by Gasteiger charge is -2.26. The minimum absolute atomic E-state index is 0.122. The van der Waals surface area contributed by atoms with Crippen LogP contribution in [0.25, 0.3) is 6.08 Å². The van der Waals surface area contributed by atoms with Gasteiger partial charge in [0.25, 0.3) is 11.8 Å². The monoisotopic (exact) mass is 396 g/mol. The van der Waals surface area contributed by atoms with Crippen LogP contribution in [-0.2, 0) is 16.0 Å². The van der Waals surface area contributed by atoms with Crippen molar-refractivity contribution in [3.05, 3.63) is 59.2 Å². The molecule has 1 heterocycles. The largest absolute Gasteiger partial charge is 0.502 e. The lowest BCUT2D eigenvalue weighted by atomic mass is 10.1. The number of imide groups is 2. The van der Waals surface area contributed by atoms with Crippen LogP contribution >= 0.6 is 0 Å². The minimum Gasteiger partial charge on any atom is -0.502 e. The highest BCUT2D eigenvalue weighted by atomic mass is 16.5. The van der Waals surface area contributed by atoms with Crippen LogP contribution in [0, 0.1) is 0 Å². The third-order valence-corrected chi connectivity index (χ3v) is 4.47. The second-order valence-corrected chi connectivity index (χ2v) is 6.28. The fourth-order valence-electron chi connectivity index (χ4n) is 2.95. The summed E-state index contributed by atoms with van der Waals surface area (Å²) in [6.07, 6.45) is 1.78. The zero-order valence-corrected chi connectivity index (χ0v) is 16.0. The molecule has 4 amide bonds. The van der Waals surface area contributed by atoms with Crippen molar-refractivity contribution in [2.75, 3.05) is 20.8 Å². The molecule has 2 aromatic rings. The summed E-state index contributed by atoms with van der Waals surface area (Å²) in [4.78, 5) is 38.2. The fourth-order valence-corrected chi connectivity index (χ4v) is 2.95. The van der Waals surface area contributed by atoms with E-state index in [1.54, 1.807) is 0 Å². The predicted octanol–water partition coefficient (Wildman–Crippen LogP) is 2.11. The van der Waals surface area contributed by atoms with Crippen LogP contribution in [0.4, 0.5) is 4.79 Å². The van der Waals surface area contributed by atoms with Crippen LogP contribution in [0.2, 0.25) is 0 Å². The topological polar surface area (TPSA) is 105 Å². The van der Waals surface area contributed by atoms with Crippen molar-refractivity contribution >= 4 is 23.9 Å². The van der Waals surface area contributed by atoms with Crippen molar-refractivity contribution in [1.29, 1.82) is 0 Å². The first-order chi connectivity index (χ1) is 13.9. The number of nitrogens with one attached hydrogen (secondary N) is 1. The van der Waals surface area contributed by atoms with Gasteiger partial charge in [0.1, 0.15) is 5.57 Å². The van der Waals surface area contributed by atoms with Crippen LogP contribution < -0.4 is 14.8 Å². The molecule has 0 spiro atoms. The van der Waals surface area contributed by atoms with Crippen LogP contribution in [0.3, 0.4) is 0 Å². The number of rotatable bonds is 6. The molecule has 8 nitrogen and oxygen atoms in total. The summed E-state index contributed by atoms with van der Waals surface area (Å²) in [5, 5.41) is 12.2. The Kier molecular flexibility index (Phi) is 5.82. The van der Waals surface area contributed by atoms with Gasteiger partial charge in [0, 0.05) is 6.54 Å². The van der Waals surface area contributed by atoms with Gasteiger partial charge in [0.2, 0.25) is 5.75 Å². The zero-order valence-electron chi connectivity index (χ0n) is 16.0. The molecule has 0 atom stereocenters. The number of carbonyl (C=O) groups excluding carboxylic acids is 3. The first kappa shape index (κ1) is 19.9. The highest BCUT2D eigenvalue weighted by Crippen LogP contribution is 2.37. The standard InChI is InChI=1S/C21H20N2O6/c1-28-16-11-14(12-17(29-2)18(16)24)10-15-19(25)22-21(27)23(20(15)26)9-8-13-6-4-3-5-7-13/h3-7,10-12,24H,8-9H2,1-2H3,(H,22,25,27). The first-order valence-corrected chi connectivity index (χ1v) is 8.82. The number of phenolic OH excluding ortho intramolecular Hbond substituents is 1. The molecular formula is C21H20N2O6. The van der Waals surface area contributed by atoms with Crippen LogP contribution in [-0.4, -0.2) is 48.6 Å². The maximum absolute atomic E-state index is 12.8. The number of urea groups is 1. The molecule has 0 radical (unpaired) electrons. The number of amides is 4. The molecule has 1 aliphatic heterocycles. The molecule has 2 N–H and O–H groups in total. The molecule has 8 heteroatoms. The summed E-state index contributed by atoms with van der Waals surface area (Å²) in [5.74, 6) is -1.44. The number of barbiturate groups is 1.